The maximum Gasteiger partial charge on any atom is 0.270 e. The number of morpholine rings is 1. The number of aryl methyl sites for hydroxylation is 1. The highest BCUT2D eigenvalue weighted by Crippen LogP contribution is 2.19. The van der Waals surface area contributed by atoms with E-state index in [9.17, 15) is 4.79 Å². The lowest BCUT2D eigenvalue weighted by Crippen LogP contribution is -2.41. The first-order chi connectivity index (χ1) is 14.0. The van der Waals surface area contributed by atoms with Crippen LogP contribution in [0.1, 0.15) is 35.7 Å². The molecule has 1 amide bonds. The van der Waals surface area contributed by atoms with Crippen molar-refractivity contribution in [3.05, 3.63) is 53.5 Å². The van der Waals surface area contributed by atoms with Crippen LogP contribution in [-0.4, -0.2) is 66.2 Å². The highest BCUT2D eigenvalue weighted by molar-refractivity contribution is 5.93. The molecule has 1 aliphatic heterocycles. The van der Waals surface area contributed by atoms with Gasteiger partial charge in [0.25, 0.3) is 5.91 Å². The van der Waals surface area contributed by atoms with E-state index in [1.54, 1.807) is 6.07 Å². The second-order valence-corrected chi connectivity index (χ2v) is 7.58. The third-order valence-electron chi connectivity index (χ3n) is 4.99. The number of amides is 1. The minimum Gasteiger partial charge on any atom is -0.379 e. The van der Waals surface area contributed by atoms with E-state index in [1.165, 1.54) is 5.56 Å². The van der Waals surface area contributed by atoms with Gasteiger partial charge in [-0.2, -0.15) is 0 Å². The molecule has 2 heterocycles. The van der Waals surface area contributed by atoms with Gasteiger partial charge < -0.3 is 15.0 Å². The first-order valence-corrected chi connectivity index (χ1v) is 10.3. The van der Waals surface area contributed by atoms with Gasteiger partial charge in [-0.05, 0) is 26.3 Å². The molecule has 2 aromatic rings. The van der Waals surface area contributed by atoms with Crippen LogP contribution >= 0.6 is 0 Å². The minimum absolute atomic E-state index is 0.159. The lowest BCUT2D eigenvalue weighted by molar-refractivity contribution is 0.0383. The van der Waals surface area contributed by atoms with Gasteiger partial charge in [-0.1, -0.05) is 30.3 Å². The molecule has 29 heavy (non-hydrogen) atoms. The van der Waals surface area contributed by atoms with E-state index >= 15 is 0 Å². The molecule has 1 aliphatic rings. The molecule has 1 saturated heterocycles. The van der Waals surface area contributed by atoms with Crippen molar-refractivity contribution in [1.29, 1.82) is 0 Å². The number of carbonyl (C=O) groups excluding carboxylic acids is 1. The summed E-state index contributed by atoms with van der Waals surface area (Å²) >= 11 is 0. The topological polar surface area (TPSA) is 70.6 Å². The largest absolute Gasteiger partial charge is 0.379 e. The Balaban J connectivity index is 1.67. The van der Waals surface area contributed by atoms with E-state index in [0.717, 1.165) is 45.2 Å². The molecule has 0 radical (unpaired) electrons. The molecule has 0 atom stereocenters. The van der Waals surface area contributed by atoms with Crippen molar-refractivity contribution in [2.45, 2.75) is 33.4 Å². The monoisotopic (exact) mass is 397 g/mol. The van der Waals surface area contributed by atoms with Crippen LogP contribution in [0.3, 0.4) is 0 Å². The SMILES string of the molecule is Cc1nc(C(=O)NCCN2CCOCC2)cc(N(Cc2ccccc2)C(C)C)n1. The van der Waals surface area contributed by atoms with Crippen molar-refractivity contribution in [2.75, 3.05) is 44.3 Å². The van der Waals surface area contributed by atoms with Gasteiger partial charge in [0.15, 0.2) is 0 Å². The molecule has 0 aliphatic carbocycles. The second kappa shape index (κ2) is 10.3. The van der Waals surface area contributed by atoms with Gasteiger partial charge in [0.1, 0.15) is 17.3 Å². The van der Waals surface area contributed by atoms with Crippen molar-refractivity contribution >= 4 is 11.7 Å². The van der Waals surface area contributed by atoms with Crippen LogP contribution in [0.2, 0.25) is 0 Å². The maximum atomic E-state index is 12.7. The average Bonchev–Trinajstić information content (AvgIpc) is 2.73. The van der Waals surface area contributed by atoms with Gasteiger partial charge in [-0.15, -0.1) is 0 Å². The number of ether oxygens (including phenoxy) is 1. The molecule has 1 N–H and O–H groups in total. The van der Waals surface area contributed by atoms with Crippen LogP contribution < -0.4 is 10.2 Å². The molecular formula is C22H31N5O2. The number of hydrogen-bond acceptors (Lipinski definition) is 6. The molecule has 1 aromatic heterocycles. The van der Waals surface area contributed by atoms with E-state index in [1.807, 2.05) is 25.1 Å². The molecule has 1 fully saturated rings. The van der Waals surface area contributed by atoms with Gasteiger partial charge >= 0.3 is 0 Å². The van der Waals surface area contributed by atoms with E-state index in [2.05, 4.69) is 51.1 Å². The first kappa shape index (κ1) is 21.2. The van der Waals surface area contributed by atoms with Crippen molar-refractivity contribution < 1.29 is 9.53 Å². The van der Waals surface area contributed by atoms with Crippen LogP contribution in [0.25, 0.3) is 0 Å². The van der Waals surface area contributed by atoms with Gasteiger partial charge in [0.2, 0.25) is 0 Å². The van der Waals surface area contributed by atoms with Crippen molar-refractivity contribution in [2.24, 2.45) is 0 Å². The van der Waals surface area contributed by atoms with Crippen molar-refractivity contribution in [3.63, 3.8) is 0 Å². The van der Waals surface area contributed by atoms with E-state index in [-0.39, 0.29) is 11.9 Å². The minimum atomic E-state index is -0.159. The molecular weight excluding hydrogens is 366 g/mol. The summed E-state index contributed by atoms with van der Waals surface area (Å²) in [6.07, 6.45) is 0. The van der Waals surface area contributed by atoms with Gasteiger partial charge in [-0.3, -0.25) is 9.69 Å². The zero-order valence-electron chi connectivity index (χ0n) is 17.6. The summed E-state index contributed by atoms with van der Waals surface area (Å²) in [6, 6.07) is 12.3. The van der Waals surface area contributed by atoms with Crippen LogP contribution in [0.5, 0.6) is 0 Å². The normalized spacial score (nSPS) is 14.8. The Kier molecular flexibility index (Phi) is 7.55. The molecule has 0 unspecified atom stereocenters. The predicted molar refractivity (Wildman–Crippen MR) is 114 cm³/mol. The Hall–Kier alpha value is -2.51. The second-order valence-electron chi connectivity index (χ2n) is 7.58. The molecule has 156 valence electrons. The number of hydrogen-bond donors (Lipinski definition) is 1. The fraction of sp³-hybridized carbons (Fsp3) is 0.500. The smallest absolute Gasteiger partial charge is 0.270 e. The molecule has 7 nitrogen and oxygen atoms in total. The predicted octanol–water partition coefficient (Wildman–Crippen LogP) is 2.26. The fourth-order valence-corrected chi connectivity index (χ4v) is 3.37. The molecule has 7 heteroatoms. The third-order valence-corrected chi connectivity index (χ3v) is 4.99. The van der Waals surface area contributed by atoms with Crippen LogP contribution in [0, 0.1) is 6.92 Å². The molecule has 3 rings (SSSR count). The van der Waals surface area contributed by atoms with Crippen LogP contribution in [0.4, 0.5) is 5.82 Å². The summed E-state index contributed by atoms with van der Waals surface area (Å²) in [5, 5.41) is 2.99. The lowest BCUT2D eigenvalue weighted by Gasteiger charge is -2.28. The van der Waals surface area contributed by atoms with E-state index in [4.69, 9.17) is 4.74 Å². The number of nitrogens with zero attached hydrogens (tertiary/aromatic N) is 4. The average molecular weight is 398 g/mol. The molecule has 0 bridgehead atoms. The Morgan fingerprint density at radius 2 is 1.93 bits per heavy atom. The number of anilines is 1. The zero-order chi connectivity index (χ0) is 20.6. The highest BCUT2D eigenvalue weighted by Gasteiger charge is 2.18. The standard InChI is InChI=1S/C22H31N5O2/c1-17(2)27(16-19-7-5-4-6-8-19)21-15-20(24-18(3)25-21)22(28)23-9-10-26-11-13-29-14-12-26/h4-8,15,17H,9-14,16H2,1-3H3,(H,23,28). The Morgan fingerprint density at radius 3 is 2.62 bits per heavy atom. The zero-order valence-corrected chi connectivity index (χ0v) is 17.6. The van der Waals surface area contributed by atoms with Crippen LogP contribution in [0.15, 0.2) is 36.4 Å². The number of benzene rings is 1. The van der Waals surface area contributed by atoms with E-state index < -0.39 is 0 Å². The van der Waals surface area contributed by atoms with Gasteiger partial charge in [0, 0.05) is 44.8 Å². The summed E-state index contributed by atoms with van der Waals surface area (Å²) < 4.78 is 5.36. The lowest BCUT2D eigenvalue weighted by atomic mass is 10.2. The van der Waals surface area contributed by atoms with Gasteiger partial charge in [0.05, 0.1) is 13.2 Å². The fourth-order valence-electron chi connectivity index (χ4n) is 3.37. The van der Waals surface area contributed by atoms with Gasteiger partial charge in [-0.25, -0.2) is 9.97 Å². The molecule has 0 spiro atoms. The highest BCUT2D eigenvalue weighted by atomic mass is 16.5. The van der Waals surface area contributed by atoms with Crippen LogP contribution in [-0.2, 0) is 11.3 Å². The third kappa shape index (κ3) is 6.24. The summed E-state index contributed by atoms with van der Waals surface area (Å²) in [7, 11) is 0. The number of nitrogens with one attached hydrogen (secondary N) is 1. The summed E-state index contributed by atoms with van der Waals surface area (Å²) in [5.74, 6) is 1.21. The summed E-state index contributed by atoms with van der Waals surface area (Å²) in [5.41, 5.74) is 1.61. The molecule has 0 saturated carbocycles. The number of rotatable bonds is 8. The summed E-state index contributed by atoms with van der Waals surface area (Å²) in [6.45, 7) is 11.6. The maximum absolute atomic E-state index is 12.7. The Morgan fingerprint density at radius 1 is 1.21 bits per heavy atom. The number of aromatic nitrogens is 2. The summed E-state index contributed by atoms with van der Waals surface area (Å²) in [4.78, 5) is 26.1. The quantitative estimate of drug-likeness (QED) is 0.737. The Labute approximate surface area is 173 Å². The molecule has 1 aromatic carbocycles. The van der Waals surface area contributed by atoms with Crippen molar-refractivity contribution in [3.8, 4) is 0 Å². The van der Waals surface area contributed by atoms with Crippen molar-refractivity contribution in [1.82, 2.24) is 20.2 Å². The number of carbonyl (C=O) groups is 1. The van der Waals surface area contributed by atoms with E-state index in [0.29, 0.717) is 18.1 Å². The first-order valence-electron chi connectivity index (χ1n) is 10.3. The Bertz CT molecular complexity index is 791.